The lowest BCUT2D eigenvalue weighted by Gasteiger charge is -2.22. The Balaban J connectivity index is 2.16. The van der Waals surface area contributed by atoms with E-state index >= 15 is 0 Å². The Morgan fingerprint density at radius 3 is 2.45 bits per heavy atom. The number of phenols is 1. The number of benzene rings is 2. The maximum atomic E-state index is 14.2. The molecule has 1 unspecified atom stereocenters. The van der Waals surface area contributed by atoms with E-state index in [2.05, 4.69) is 0 Å². The molecule has 0 aliphatic carbocycles. The molecule has 1 aliphatic heterocycles. The van der Waals surface area contributed by atoms with Crippen LogP contribution in [0.25, 0.3) is 11.1 Å². The SMILES string of the molecule is CC(C)c1cc(-c2ccc(C(F)(F)F)cc2CN2C(=O)OCC2C)c(O)cc1F. The Morgan fingerprint density at radius 1 is 1.21 bits per heavy atom. The van der Waals surface area contributed by atoms with Crippen LogP contribution in [0.1, 0.15) is 43.4 Å². The van der Waals surface area contributed by atoms with Gasteiger partial charge in [0.25, 0.3) is 0 Å². The van der Waals surface area contributed by atoms with Gasteiger partial charge in [-0.1, -0.05) is 19.9 Å². The number of aromatic hydroxyl groups is 1. The van der Waals surface area contributed by atoms with Gasteiger partial charge in [-0.25, -0.2) is 9.18 Å². The maximum Gasteiger partial charge on any atom is 0.416 e. The Morgan fingerprint density at radius 2 is 1.90 bits per heavy atom. The summed E-state index contributed by atoms with van der Waals surface area (Å²) >= 11 is 0. The van der Waals surface area contributed by atoms with E-state index in [1.54, 1.807) is 20.8 Å². The number of carbonyl (C=O) groups excluding carboxylic acids is 1. The fourth-order valence-corrected chi connectivity index (χ4v) is 3.35. The summed E-state index contributed by atoms with van der Waals surface area (Å²) in [6.07, 6.45) is -5.19. The molecule has 0 aromatic heterocycles. The van der Waals surface area contributed by atoms with Crippen LogP contribution in [0.2, 0.25) is 0 Å². The van der Waals surface area contributed by atoms with Gasteiger partial charge in [0.05, 0.1) is 18.2 Å². The molecule has 0 radical (unpaired) electrons. The zero-order chi connectivity index (χ0) is 21.5. The van der Waals surface area contributed by atoms with Crippen molar-refractivity contribution in [1.29, 1.82) is 0 Å². The van der Waals surface area contributed by atoms with E-state index in [1.807, 2.05) is 0 Å². The molecule has 29 heavy (non-hydrogen) atoms. The van der Waals surface area contributed by atoms with Crippen LogP contribution in [-0.2, 0) is 17.5 Å². The third kappa shape index (κ3) is 4.16. The van der Waals surface area contributed by atoms with Gasteiger partial charge in [0.1, 0.15) is 18.2 Å². The lowest BCUT2D eigenvalue weighted by atomic mass is 9.92. The number of rotatable bonds is 4. The number of phenolic OH excluding ortho intramolecular Hbond substituents is 1. The second-order valence-electron chi connectivity index (χ2n) is 7.47. The van der Waals surface area contributed by atoms with Crippen molar-refractivity contribution in [1.82, 2.24) is 4.90 Å². The van der Waals surface area contributed by atoms with E-state index in [0.29, 0.717) is 11.1 Å². The van der Waals surface area contributed by atoms with E-state index in [0.717, 1.165) is 18.2 Å². The lowest BCUT2D eigenvalue weighted by molar-refractivity contribution is -0.137. The molecule has 8 heteroatoms. The number of cyclic esters (lactones) is 1. The highest BCUT2D eigenvalue weighted by molar-refractivity contribution is 5.76. The molecule has 2 aromatic carbocycles. The minimum absolute atomic E-state index is 0.132. The average molecular weight is 411 g/mol. The van der Waals surface area contributed by atoms with Crippen LogP contribution in [0, 0.1) is 5.82 Å². The summed E-state index contributed by atoms with van der Waals surface area (Å²) in [6.45, 7) is 5.29. The summed E-state index contributed by atoms with van der Waals surface area (Å²) in [5.74, 6) is -1.17. The Kier molecular flexibility index (Phi) is 5.47. The highest BCUT2D eigenvalue weighted by Gasteiger charge is 2.34. The molecule has 3 rings (SSSR count). The van der Waals surface area contributed by atoms with Crippen LogP contribution < -0.4 is 0 Å². The van der Waals surface area contributed by atoms with Gasteiger partial charge in [-0.3, -0.25) is 4.90 Å². The first-order chi connectivity index (χ1) is 13.5. The first-order valence-corrected chi connectivity index (χ1v) is 9.15. The van der Waals surface area contributed by atoms with Crippen LogP contribution in [0.3, 0.4) is 0 Å². The van der Waals surface area contributed by atoms with E-state index < -0.39 is 23.7 Å². The second-order valence-corrected chi connectivity index (χ2v) is 7.47. The van der Waals surface area contributed by atoms with Crippen molar-refractivity contribution in [3.05, 3.63) is 52.8 Å². The summed E-state index contributed by atoms with van der Waals surface area (Å²) in [6, 6.07) is 5.18. The number of halogens is 4. The maximum absolute atomic E-state index is 14.2. The van der Waals surface area contributed by atoms with Gasteiger partial charge in [-0.05, 0) is 47.7 Å². The first-order valence-electron chi connectivity index (χ1n) is 9.15. The van der Waals surface area contributed by atoms with Gasteiger partial charge < -0.3 is 9.84 Å². The van der Waals surface area contributed by atoms with Gasteiger partial charge >= 0.3 is 12.3 Å². The molecule has 1 fully saturated rings. The zero-order valence-electron chi connectivity index (χ0n) is 16.2. The number of ether oxygens (including phenoxy) is 1. The summed E-state index contributed by atoms with van der Waals surface area (Å²) < 4.78 is 58.9. The third-order valence-corrected chi connectivity index (χ3v) is 5.02. The van der Waals surface area contributed by atoms with Gasteiger partial charge in [0.2, 0.25) is 0 Å². The first kappa shape index (κ1) is 21.0. The van der Waals surface area contributed by atoms with Gasteiger partial charge in [0.15, 0.2) is 0 Å². The Hall–Kier alpha value is -2.77. The highest BCUT2D eigenvalue weighted by atomic mass is 19.4. The highest BCUT2D eigenvalue weighted by Crippen LogP contribution is 2.39. The fraction of sp³-hybridized carbons (Fsp3) is 0.381. The number of hydrogen-bond acceptors (Lipinski definition) is 3. The molecule has 1 saturated heterocycles. The number of alkyl halides is 3. The van der Waals surface area contributed by atoms with Crippen molar-refractivity contribution >= 4 is 6.09 Å². The van der Waals surface area contributed by atoms with E-state index in [-0.39, 0.29) is 42.0 Å². The van der Waals surface area contributed by atoms with E-state index in [9.17, 15) is 27.5 Å². The second kappa shape index (κ2) is 7.57. The van der Waals surface area contributed by atoms with Crippen LogP contribution in [0.15, 0.2) is 30.3 Å². The fourth-order valence-electron chi connectivity index (χ4n) is 3.35. The molecule has 1 aliphatic rings. The molecular formula is C21H21F4NO3. The van der Waals surface area contributed by atoms with Gasteiger partial charge in [-0.15, -0.1) is 0 Å². The summed E-state index contributed by atoms with van der Waals surface area (Å²) in [5.41, 5.74) is 0.144. The lowest BCUT2D eigenvalue weighted by Crippen LogP contribution is -2.30. The average Bonchev–Trinajstić information content (AvgIpc) is 2.93. The molecule has 1 amide bonds. The summed E-state index contributed by atoms with van der Waals surface area (Å²) in [7, 11) is 0. The van der Waals surface area contributed by atoms with Crippen LogP contribution in [0.4, 0.5) is 22.4 Å². The van der Waals surface area contributed by atoms with Crippen molar-refractivity contribution < 1.29 is 32.2 Å². The molecule has 2 aromatic rings. The van der Waals surface area contributed by atoms with Gasteiger partial charge in [0, 0.05) is 11.6 Å². The number of amides is 1. The number of carbonyl (C=O) groups is 1. The smallest absolute Gasteiger partial charge is 0.416 e. The largest absolute Gasteiger partial charge is 0.507 e. The zero-order valence-corrected chi connectivity index (χ0v) is 16.2. The summed E-state index contributed by atoms with van der Waals surface area (Å²) in [4.78, 5) is 13.3. The van der Waals surface area contributed by atoms with Crippen molar-refractivity contribution in [3.63, 3.8) is 0 Å². The van der Waals surface area contributed by atoms with Crippen molar-refractivity contribution in [2.24, 2.45) is 0 Å². The monoisotopic (exact) mass is 411 g/mol. The minimum Gasteiger partial charge on any atom is -0.507 e. The molecule has 0 spiro atoms. The predicted octanol–water partition coefficient (Wildman–Crippen LogP) is 5.68. The normalized spacial score (nSPS) is 17.2. The molecule has 1 N–H and O–H groups in total. The quantitative estimate of drug-likeness (QED) is 0.659. The molecular weight excluding hydrogens is 390 g/mol. The number of nitrogens with zero attached hydrogens (tertiary/aromatic N) is 1. The third-order valence-electron chi connectivity index (χ3n) is 5.02. The minimum atomic E-state index is -4.57. The molecule has 156 valence electrons. The van der Waals surface area contributed by atoms with E-state index in [4.69, 9.17) is 4.74 Å². The Labute approximate surface area is 165 Å². The summed E-state index contributed by atoms with van der Waals surface area (Å²) in [5, 5.41) is 10.3. The molecule has 0 bridgehead atoms. The van der Waals surface area contributed by atoms with Crippen LogP contribution in [-0.4, -0.2) is 28.7 Å². The predicted molar refractivity (Wildman–Crippen MR) is 98.9 cm³/mol. The molecule has 0 saturated carbocycles. The number of hydrogen-bond donors (Lipinski definition) is 1. The van der Waals surface area contributed by atoms with Crippen LogP contribution in [0.5, 0.6) is 5.75 Å². The van der Waals surface area contributed by atoms with Gasteiger partial charge in [-0.2, -0.15) is 13.2 Å². The topological polar surface area (TPSA) is 49.8 Å². The van der Waals surface area contributed by atoms with E-state index in [1.165, 1.54) is 17.0 Å². The molecule has 4 nitrogen and oxygen atoms in total. The molecule has 1 atom stereocenters. The van der Waals surface area contributed by atoms with Crippen molar-refractivity contribution in [3.8, 4) is 16.9 Å². The Bertz CT molecular complexity index is 940. The molecule has 1 heterocycles. The van der Waals surface area contributed by atoms with Crippen LogP contribution >= 0.6 is 0 Å². The standard InChI is InChI=1S/C21H21F4NO3/c1-11(2)16-7-17(19(27)8-18(16)22)15-5-4-14(21(23,24)25)6-13(15)9-26-12(3)10-29-20(26)28/h4-8,11-12,27H,9-10H2,1-3H3. The van der Waals surface area contributed by atoms with Crippen molar-refractivity contribution in [2.75, 3.05) is 6.61 Å². The van der Waals surface area contributed by atoms with Crippen molar-refractivity contribution in [2.45, 2.75) is 45.5 Å².